The van der Waals surface area contributed by atoms with E-state index in [4.69, 9.17) is 5.73 Å². The molecule has 5 nitrogen and oxygen atoms in total. The average molecular weight is 275 g/mol. The Kier molecular flexibility index (Phi) is 7.06. The minimum atomic E-state index is -0.164. The summed E-state index contributed by atoms with van der Waals surface area (Å²) in [6.45, 7) is 4.74. The summed E-state index contributed by atoms with van der Waals surface area (Å²) < 4.78 is 0. The third-order valence-electron chi connectivity index (χ3n) is 2.77. The molecule has 0 fully saturated rings. The second-order valence-electron chi connectivity index (χ2n) is 4.33. The molecule has 0 bridgehead atoms. The summed E-state index contributed by atoms with van der Waals surface area (Å²) in [5.41, 5.74) is 6.88. The van der Waals surface area contributed by atoms with E-state index >= 15 is 0 Å². The Balaban J connectivity index is 2.41. The molecule has 0 aliphatic heterocycles. The Morgan fingerprint density at radius 1 is 1.15 bits per heavy atom. The lowest BCUT2D eigenvalue weighted by atomic mass is 10.1. The van der Waals surface area contributed by atoms with Crippen molar-refractivity contribution >= 4 is 11.8 Å². The van der Waals surface area contributed by atoms with Gasteiger partial charge in [-0.05, 0) is 30.5 Å². The smallest absolute Gasteiger partial charge is 0.251 e. The van der Waals surface area contributed by atoms with Crippen LogP contribution in [0.1, 0.15) is 22.3 Å². The molecule has 0 aliphatic rings. The molecule has 0 unspecified atom stereocenters. The molecule has 1 aromatic rings. The second-order valence-corrected chi connectivity index (χ2v) is 4.33. The van der Waals surface area contributed by atoms with Crippen LogP contribution in [0.15, 0.2) is 36.9 Å². The van der Waals surface area contributed by atoms with Crippen LogP contribution in [-0.2, 0) is 11.2 Å². The van der Waals surface area contributed by atoms with E-state index < -0.39 is 0 Å². The van der Waals surface area contributed by atoms with Crippen molar-refractivity contribution in [2.24, 2.45) is 5.73 Å². The summed E-state index contributed by atoms with van der Waals surface area (Å²) in [5.74, 6) is -0.252. The lowest BCUT2D eigenvalue weighted by Gasteiger charge is -2.06. The Morgan fingerprint density at radius 3 is 2.45 bits per heavy atom. The van der Waals surface area contributed by atoms with Crippen LogP contribution >= 0.6 is 0 Å². The summed E-state index contributed by atoms with van der Waals surface area (Å²) >= 11 is 0. The van der Waals surface area contributed by atoms with Crippen LogP contribution < -0.4 is 16.4 Å². The Bertz CT molecular complexity index is 455. The van der Waals surface area contributed by atoms with Crippen molar-refractivity contribution in [1.29, 1.82) is 0 Å². The average Bonchev–Trinajstić information content (AvgIpc) is 2.48. The third-order valence-corrected chi connectivity index (χ3v) is 2.77. The summed E-state index contributed by atoms with van der Waals surface area (Å²) in [5, 5.41) is 5.50. The first-order valence-corrected chi connectivity index (χ1v) is 6.62. The highest BCUT2D eigenvalue weighted by Gasteiger charge is 2.04. The van der Waals surface area contributed by atoms with Gasteiger partial charge in [-0.2, -0.15) is 0 Å². The van der Waals surface area contributed by atoms with Gasteiger partial charge >= 0.3 is 0 Å². The molecule has 20 heavy (non-hydrogen) atoms. The number of rotatable bonds is 8. The number of hydrogen-bond donors (Lipinski definition) is 3. The van der Waals surface area contributed by atoms with Crippen molar-refractivity contribution in [2.75, 3.05) is 19.6 Å². The predicted molar refractivity (Wildman–Crippen MR) is 79.4 cm³/mol. The highest BCUT2D eigenvalue weighted by atomic mass is 16.2. The number of carbonyl (C=O) groups is 2. The minimum absolute atomic E-state index is 0.00379. The van der Waals surface area contributed by atoms with Crippen molar-refractivity contribution in [3.8, 4) is 0 Å². The Morgan fingerprint density at radius 2 is 1.85 bits per heavy atom. The van der Waals surface area contributed by atoms with Crippen molar-refractivity contribution in [3.05, 3.63) is 48.0 Å². The second kappa shape index (κ2) is 8.87. The molecular formula is C15H21N3O2. The first-order chi connectivity index (χ1) is 9.67. The number of hydrogen-bond acceptors (Lipinski definition) is 3. The lowest BCUT2D eigenvalue weighted by molar-refractivity contribution is -0.119. The molecule has 0 heterocycles. The maximum atomic E-state index is 11.8. The topological polar surface area (TPSA) is 84.2 Å². The van der Waals surface area contributed by atoms with Crippen molar-refractivity contribution in [2.45, 2.75) is 12.8 Å². The van der Waals surface area contributed by atoms with Gasteiger partial charge in [0.05, 0.1) is 6.54 Å². The van der Waals surface area contributed by atoms with Gasteiger partial charge in [0.15, 0.2) is 0 Å². The van der Waals surface area contributed by atoms with Gasteiger partial charge in [0.25, 0.3) is 5.91 Å². The molecule has 0 aromatic heterocycles. The SMILES string of the molecule is C=CCCNC(=O)c1ccc(CCNC(=O)CN)cc1. The zero-order valence-electron chi connectivity index (χ0n) is 11.5. The molecule has 0 saturated carbocycles. The normalized spacial score (nSPS) is 9.85. The summed E-state index contributed by atoms with van der Waals surface area (Å²) in [6, 6.07) is 7.33. The van der Waals surface area contributed by atoms with Gasteiger partial charge in [0.2, 0.25) is 5.91 Å². The van der Waals surface area contributed by atoms with Gasteiger partial charge in [-0.3, -0.25) is 9.59 Å². The highest BCUT2D eigenvalue weighted by molar-refractivity contribution is 5.94. The number of nitrogens with two attached hydrogens (primary N) is 1. The number of carbonyl (C=O) groups excluding carboxylic acids is 2. The molecular weight excluding hydrogens is 254 g/mol. The van der Waals surface area contributed by atoms with Gasteiger partial charge < -0.3 is 16.4 Å². The third kappa shape index (κ3) is 5.67. The largest absolute Gasteiger partial charge is 0.355 e. The summed E-state index contributed by atoms with van der Waals surface area (Å²) in [4.78, 5) is 22.7. The van der Waals surface area contributed by atoms with E-state index in [-0.39, 0.29) is 18.4 Å². The van der Waals surface area contributed by atoms with E-state index in [0.29, 0.717) is 25.1 Å². The molecule has 0 radical (unpaired) electrons. The van der Waals surface area contributed by atoms with E-state index in [1.165, 1.54) is 0 Å². The zero-order valence-corrected chi connectivity index (χ0v) is 11.5. The summed E-state index contributed by atoms with van der Waals surface area (Å²) in [7, 11) is 0. The van der Waals surface area contributed by atoms with Crippen LogP contribution in [0.2, 0.25) is 0 Å². The lowest BCUT2D eigenvalue weighted by Crippen LogP contribution is -2.31. The molecule has 4 N–H and O–H groups in total. The van der Waals surface area contributed by atoms with Crippen molar-refractivity contribution in [3.63, 3.8) is 0 Å². The van der Waals surface area contributed by atoms with Crippen LogP contribution in [0.25, 0.3) is 0 Å². The van der Waals surface area contributed by atoms with Crippen LogP contribution in [0.4, 0.5) is 0 Å². The molecule has 108 valence electrons. The maximum Gasteiger partial charge on any atom is 0.251 e. The first-order valence-electron chi connectivity index (χ1n) is 6.62. The standard InChI is InChI=1S/C15H21N3O2/c1-2-3-9-18-15(20)13-6-4-12(5-7-13)8-10-17-14(19)11-16/h2,4-7H,1,3,8-11,16H2,(H,17,19)(H,18,20). The number of nitrogens with one attached hydrogen (secondary N) is 2. The van der Waals surface area contributed by atoms with E-state index in [9.17, 15) is 9.59 Å². The molecule has 0 atom stereocenters. The van der Waals surface area contributed by atoms with E-state index in [1.807, 2.05) is 12.1 Å². The molecule has 2 amide bonds. The van der Waals surface area contributed by atoms with Gasteiger partial charge in [0.1, 0.15) is 0 Å². The van der Waals surface area contributed by atoms with Gasteiger partial charge in [-0.15, -0.1) is 6.58 Å². The predicted octanol–water partition coefficient (Wildman–Crippen LogP) is 0.610. The van der Waals surface area contributed by atoms with Crippen molar-refractivity contribution in [1.82, 2.24) is 10.6 Å². The first kappa shape index (κ1) is 15.9. The maximum absolute atomic E-state index is 11.8. The molecule has 5 heteroatoms. The molecule has 0 spiro atoms. The van der Waals surface area contributed by atoms with E-state index in [1.54, 1.807) is 18.2 Å². The minimum Gasteiger partial charge on any atom is -0.355 e. The fraction of sp³-hybridized carbons (Fsp3) is 0.333. The van der Waals surface area contributed by atoms with Crippen LogP contribution in [0.5, 0.6) is 0 Å². The molecule has 1 aromatic carbocycles. The van der Waals surface area contributed by atoms with E-state index in [2.05, 4.69) is 17.2 Å². The Hall–Kier alpha value is -2.14. The van der Waals surface area contributed by atoms with Gasteiger partial charge in [0, 0.05) is 18.7 Å². The number of benzene rings is 1. The van der Waals surface area contributed by atoms with Gasteiger partial charge in [-0.25, -0.2) is 0 Å². The van der Waals surface area contributed by atoms with Crippen LogP contribution in [0.3, 0.4) is 0 Å². The molecule has 1 rings (SSSR count). The highest BCUT2D eigenvalue weighted by Crippen LogP contribution is 2.05. The Labute approximate surface area is 119 Å². The van der Waals surface area contributed by atoms with E-state index in [0.717, 1.165) is 12.0 Å². The van der Waals surface area contributed by atoms with Crippen LogP contribution in [0, 0.1) is 0 Å². The van der Waals surface area contributed by atoms with Crippen LogP contribution in [-0.4, -0.2) is 31.4 Å². The monoisotopic (exact) mass is 275 g/mol. The summed E-state index contributed by atoms with van der Waals surface area (Å²) in [6.07, 6.45) is 3.23. The van der Waals surface area contributed by atoms with Gasteiger partial charge in [-0.1, -0.05) is 18.2 Å². The zero-order chi connectivity index (χ0) is 14.8. The quantitative estimate of drug-likeness (QED) is 0.480. The molecule has 0 aliphatic carbocycles. The van der Waals surface area contributed by atoms with Crippen molar-refractivity contribution < 1.29 is 9.59 Å². The fourth-order valence-electron chi connectivity index (χ4n) is 1.63. The fourth-order valence-corrected chi connectivity index (χ4v) is 1.63. The number of amides is 2. The molecule has 0 saturated heterocycles.